The Morgan fingerprint density at radius 1 is 1.24 bits per heavy atom. The lowest BCUT2D eigenvalue weighted by atomic mass is 10.2. The summed E-state index contributed by atoms with van der Waals surface area (Å²) in [5, 5.41) is 0. The average Bonchev–Trinajstić information content (AvgIpc) is 2.37. The van der Waals surface area contributed by atoms with Crippen molar-refractivity contribution in [3.05, 3.63) is 65.5 Å². The SMILES string of the molecule is Cc1cncc(C(=O)OCc2ccccc2)c1. The summed E-state index contributed by atoms with van der Waals surface area (Å²) in [5.41, 5.74) is 2.40. The first-order chi connectivity index (χ1) is 8.25. The van der Waals surface area contributed by atoms with E-state index >= 15 is 0 Å². The van der Waals surface area contributed by atoms with E-state index in [1.807, 2.05) is 37.3 Å². The lowest BCUT2D eigenvalue weighted by Gasteiger charge is -2.04. The summed E-state index contributed by atoms with van der Waals surface area (Å²) in [6.07, 6.45) is 3.22. The molecule has 17 heavy (non-hydrogen) atoms. The van der Waals surface area contributed by atoms with E-state index in [1.165, 1.54) is 6.20 Å². The minimum absolute atomic E-state index is 0.285. The number of aryl methyl sites for hydroxylation is 1. The maximum atomic E-state index is 11.7. The fourth-order valence-electron chi connectivity index (χ4n) is 1.47. The maximum absolute atomic E-state index is 11.7. The van der Waals surface area contributed by atoms with Crippen LogP contribution in [0.25, 0.3) is 0 Å². The van der Waals surface area contributed by atoms with E-state index < -0.39 is 0 Å². The van der Waals surface area contributed by atoms with Gasteiger partial charge in [-0.05, 0) is 24.1 Å². The van der Waals surface area contributed by atoms with Crippen LogP contribution >= 0.6 is 0 Å². The summed E-state index contributed by atoms with van der Waals surface area (Å²) < 4.78 is 5.19. The minimum atomic E-state index is -0.343. The number of pyridine rings is 1. The Morgan fingerprint density at radius 2 is 2.00 bits per heavy atom. The molecule has 0 aliphatic carbocycles. The van der Waals surface area contributed by atoms with Crippen molar-refractivity contribution in [2.45, 2.75) is 13.5 Å². The van der Waals surface area contributed by atoms with Gasteiger partial charge < -0.3 is 4.74 Å². The zero-order valence-corrected chi connectivity index (χ0v) is 9.59. The van der Waals surface area contributed by atoms with E-state index in [2.05, 4.69) is 4.98 Å². The normalized spacial score (nSPS) is 9.94. The number of ether oxygens (including phenoxy) is 1. The molecule has 0 fully saturated rings. The second-order valence-corrected chi connectivity index (χ2v) is 3.81. The van der Waals surface area contributed by atoms with Crippen LogP contribution in [0.4, 0.5) is 0 Å². The smallest absolute Gasteiger partial charge is 0.340 e. The van der Waals surface area contributed by atoms with Gasteiger partial charge in [-0.25, -0.2) is 4.79 Å². The van der Waals surface area contributed by atoms with Crippen LogP contribution in [-0.4, -0.2) is 11.0 Å². The second kappa shape index (κ2) is 5.25. The third kappa shape index (κ3) is 3.14. The average molecular weight is 227 g/mol. The van der Waals surface area contributed by atoms with Gasteiger partial charge in [0.15, 0.2) is 0 Å². The zero-order chi connectivity index (χ0) is 12.1. The number of aromatic nitrogens is 1. The van der Waals surface area contributed by atoms with Crippen molar-refractivity contribution in [2.24, 2.45) is 0 Å². The maximum Gasteiger partial charge on any atom is 0.340 e. The number of hydrogen-bond acceptors (Lipinski definition) is 3. The van der Waals surface area contributed by atoms with Crippen molar-refractivity contribution in [1.29, 1.82) is 0 Å². The van der Waals surface area contributed by atoms with Crippen LogP contribution in [0.5, 0.6) is 0 Å². The van der Waals surface area contributed by atoms with E-state index in [9.17, 15) is 4.79 Å². The molecule has 2 rings (SSSR count). The van der Waals surface area contributed by atoms with E-state index in [0.717, 1.165) is 11.1 Å². The highest BCUT2D eigenvalue weighted by Crippen LogP contribution is 2.06. The Bertz CT molecular complexity index is 509. The molecule has 1 aromatic heterocycles. The first-order valence-corrected chi connectivity index (χ1v) is 5.38. The predicted molar refractivity (Wildman–Crippen MR) is 64.5 cm³/mol. The van der Waals surface area contributed by atoms with Crippen LogP contribution < -0.4 is 0 Å². The number of rotatable bonds is 3. The van der Waals surface area contributed by atoms with Crippen molar-refractivity contribution in [1.82, 2.24) is 4.98 Å². The first-order valence-electron chi connectivity index (χ1n) is 5.38. The molecule has 0 bridgehead atoms. The quantitative estimate of drug-likeness (QED) is 0.757. The molecule has 1 aromatic carbocycles. The Labute approximate surface area is 100 Å². The van der Waals surface area contributed by atoms with Gasteiger partial charge in [0.05, 0.1) is 5.56 Å². The fourth-order valence-corrected chi connectivity index (χ4v) is 1.47. The molecule has 0 spiro atoms. The Kier molecular flexibility index (Phi) is 3.50. The highest BCUT2D eigenvalue weighted by atomic mass is 16.5. The molecule has 0 saturated heterocycles. The van der Waals surface area contributed by atoms with Gasteiger partial charge in [-0.1, -0.05) is 30.3 Å². The first kappa shape index (κ1) is 11.3. The summed E-state index contributed by atoms with van der Waals surface area (Å²) in [5.74, 6) is -0.343. The fraction of sp³-hybridized carbons (Fsp3) is 0.143. The molecular formula is C14H13NO2. The van der Waals surface area contributed by atoms with E-state index in [1.54, 1.807) is 12.3 Å². The van der Waals surface area contributed by atoms with Crippen LogP contribution in [0.1, 0.15) is 21.5 Å². The summed E-state index contributed by atoms with van der Waals surface area (Å²) in [7, 11) is 0. The molecule has 86 valence electrons. The number of nitrogens with zero attached hydrogens (tertiary/aromatic N) is 1. The summed E-state index contributed by atoms with van der Waals surface area (Å²) in [4.78, 5) is 15.7. The van der Waals surface area contributed by atoms with Crippen LogP contribution in [-0.2, 0) is 11.3 Å². The minimum Gasteiger partial charge on any atom is -0.457 e. The molecule has 3 nitrogen and oxygen atoms in total. The Balaban J connectivity index is 1.98. The van der Waals surface area contributed by atoms with Crippen LogP contribution in [0.3, 0.4) is 0 Å². The molecule has 3 heteroatoms. The molecule has 0 unspecified atom stereocenters. The Hall–Kier alpha value is -2.16. The number of carbonyl (C=O) groups excluding carboxylic acids is 1. The highest BCUT2D eigenvalue weighted by Gasteiger charge is 2.07. The van der Waals surface area contributed by atoms with Crippen LogP contribution in [0.2, 0.25) is 0 Å². The molecule has 0 saturated carbocycles. The molecule has 0 atom stereocenters. The van der Waals surface area contributed by atoms with Gasteiger partial charge >= 0.3 is 5.97 Å². The molecule has 0 radical (unpaired) electrons. The zero-order valence-electron chi connectivity index (χ0n) is 9.59. The topological polar surface area (TPSA) is 39.2 Å². The molecule has 2 aromatic rings. The van der Waals surface area contributed by atoms with E-state index in [4.69, 9.17) is 4.74 Å². The third-order valence-electron chi connectivity index (χ3n) is 2.32. The second-order valence-electron chi connectivity index (χ2n) is 3.81. The van der Waals surface area contributed by atoms with Crippen LogP contribution in [0, 0.1) is 6.92 Å². The van der Waals surface area contributed by atoms with E-state index in [-0.39, 0.29) is 12.6 Å². The van der Waals surface area contributed by atoms with Gasteiger partial charge in [0.1, 0.15) is 6.61 Å². The lowest BCUT2D eigenvalue weighted by molar-refractivity contribution is 0.0472. The molecular weight excluding hydrogens is 214 g/mol. The number of hydrogen-bond donors (Lipinski definition) is 0. The Morgan fingerprint density at radius 3 is 2.71 bits per heavy atom. The largest absolute Gasteiger partial charge is 0.457 e. The summed E-state index contributed by atoms with van der Waals surface area (Å²) >= 11 is 0. The van der Waals surface area contributed by atoms with E-state index in [0.29, 0.717) is 5.56 Å². The van der Waals surface area contributed by atoms with Crippen molar-refractivity contribution < 1.29 is 9.53 Å². The van der Waals surface area contributed by atoms with Gasteiger partial charge in [-0.3, -0.25) is 4.98 Å². The predicted octanol–water partition coefficient (Wildman–Crippen LogP) is 2.75. The van der Waals surface area contributed by atoms with Gasteiger partial charge in [0.2, 0.25) is 0 Å². The van der Waals surface area contributed by atoms with Crippen molar-refractivity contribution >= 4 is 5.97 Å². The monoisotopic (exact) mass is 227 g/mol. The standard InChI is InChI=1S/C14H13NO2/c1-11-7-13(9-15-8-11)14(16)17-10-12-5-3-2-4-6-12/h2-9H,10H2,1H3. The summed E-state index contributed by atoms with van der Waals surface area (Å²) in [6.45, 7) is 2.18. The molecule has 0 amide bonds. The van der Waals surface area contributed by atoms with Crippen molar-refractivity contribution in [2.75, 3.05) is 0 Å². The molecule has 0 N–H and O–H groups in total. The summed E-state index contributed by atoms with van der Waals surface area (Å²) in [6, 6.07) is 11.4. The van der Waals surface area contributed by atoms with Gasteiger partial charge in [0.25, 0.3) is 0 Å². The molecule has 0 aliphatic heterocycles. The third-order valence-corrected chi connectivity index (χ3v) is 2.32. The van der Waals surface area contributed by atoms with Gasteiger partial charge in [0, 0.05) is 12.4 Å². The number of benzene rings is 1. The van der Waals surface area contributed by atoms with Gasteiger partial charge in [-0.15, -0.1) is 0 Å². The lowest BCUT2D eigenvalue weighted by Crippen LogP contribution is -2.05. The molecule has 0 aliphatic rings. The molecule has 1 heterocycles. The van der Waals surface area contributed by atoms with Crippen LogP contribution in [0.15, 0.2) is 48.8 Å². The van der Waals surface area contributed by atoms with Crippen molar-refractivity contribution in [3.63, 3.8) is 0 Å². The number of esters is 1. The van der Waals surface area contributed by atoms with Gasteiger partial charge in [-0.2, -0.15) is 0 Å². The van der Waals surface area contributed by atoms with Crippen molar-refractivity contribution in [3.8, 4) is 0 Å². The highest BCUT2D eigenvalue weighted by molar-refractivity contribution is 5.89. The number of carbonyl (C=O) groups is 1.